The summed E-state index contributed by atoms with van der Waals surface area (Å²) >= 11 is 0. The number of rotatable bonds is 5. The monoisotopic (exact) mass is 269 g/mol. The normalized spacial score (nSPS) is 10.2. The van der Waals surface area contributed by atoms with Crippen LogP contribution in [0.5, 0.6) is 5.75 Å². The lowest BCUT2D eigenvalue weighted by Gasteiger charge is -2.07. The first kappa shape index (κ1) is 14.1. The number of carbonyl (C=O) groups is 1. The maximum atomic E-state index is 11.8. The van der Waals surface area contributed by atoms with Gasteiger partial charge in [-0.15, -0.1) is 0 Å². The minimum Gasteiger partial charge on any atom is -0.508 e. The Morgan fingerprint density at radius 3 is 2.70 bits per heavy atom. The van der Waals surface area contributed by atoms with Crippen molar-refractivity contribution in [1.82, 2.24) is 5.32 Å². The van der Waals surface area contributed by atoms with Gasteiger partial charge < -0.3 is 10.4 Å². The Morgan fingerprint density at radius 2 is 1.95 bits per heavy atom. The number of carbonyl (C=O) groups excluding carboxylic acids is 1. The molecule has 2 N–H and O–H groups in total. The molecule has 0 aliphatic carbocycles. The number of amides is 1. The SMILES string of the molecule is Cc1ccccc1CCNC(=O)Cc1cccc(O)c1. The van der Waals surface area contributed by atoms with E-state index in [1.165, 1.54) is 11.1 Å². The topological polar surface area (TPSA) is 49.3 Å². The molecule has 2 aromatic carbocycles. The molecule has 0 heterocycles. The fourth-order valence-electron chi connectivity index (χ4n) is 2.14. The van der Waals surface area contributed by atoms with Gasteiger partial charge in [0.05, 0.1) is 6.42 Å². The van der Waals surface area contributed by atoms with Gasteiger partial charge in [-0.25, -0.2) is 0 Å². The maximum absolute atomic E-state index is 11.8. The highest BCUT2D eigenvalue weighted by Crippen LogP contribution is 2.11. The summed E-state index contributed by atoms with van der Waals surface area (Å²) in [5.74, 6) is 0.166. The van der Waals surface area contributed by atoms with Crippen LogP contribution in [-0.4, -0.2) is 17.6 Å². The van der Waals surface area contributed by atoms with Gasteiger partial charge in [-0.3, -0.25) is 4.79 Å². The molecule has 0 unspecified atom stereocenters. The molecule has 0 aliphatic rings. The molecule has 0 saturated heterocycles. The van der Waals surface area contributed by atoms with Crippen LogP contribution >= 0.6 is 0 Å². The number of phenolic OH excluding ortho intramolecular Hbond substituents is 1. The van der Waals surface area contributed by atoms with Crippen LogP contribution in [0, 0.1) is 6.92 Å². The number of aromatic hydroxyl groups is 1. The zero-order valence-corrected chi connectivity index (χ0v) is 11.6. The molecule has 0 bridgehead atoms. The summed E-state index contributed by atoms with van der Waals surface area (Å²) in [6, 6.07) is 15.0. The van der Waals surface area contributed by atoms with E-state index in [-0.39, 0.29) is 11.7 Å². The van der Waals surface area contributed by atoms with Crippen molar-refractivity contribution in [2.24, 2.45) is 0 Å². The first-order valence-electron chi connectivity index (χ1n) is 6.74. The Bertz CT molecular complexity index is 593. The minimum absolute atomic E-state index is 0.0239. The zero-order valence-electron chi connectivity index (χ0n) is 11.6. The third-order valence-electron chi connectivity index (χ3n) is 3.25. The first-order chi connectivity index (χ1) is 9.65. The van der Waals surface area contributed by atoms with E-state index in [2.05, 4.69) is 24.4 Å². The Balaban J connectivity index is 1.80. The third-order valence-corrected chi connectivity index (χ3v) is 3.25. The summed E-state index contributed by atoms with van der Waals surface area (Å²) in [4.78, 5) is 11.8. The van der Waals surface area contributed by atoms with Gasteiger partial charge in [-0.1, -0.05) is 36.4 Å². The lowest BCUT2D eigenvalue weighted by molar-refractivity contribution is -0.120. The number of hydrogen-bond donors (Lipinski definition) is 2. The van der Waals surface area contributed by atoms with Crippen molar-refractivity contribution in [2.75, 3.05) is 6.54 Å². The van der Waals surface area contributed by atoms with E-state index in [1.807, 2.05) is 18.2 Å². The molecule has 0 atom stereocenters. The standard InChI is InChI=1S/C17H19NO2/c1-13-5-2-3-7-15(13)9-10-18-17(20)12-14-6-4-8-16(19)11-14/h2-8,11,19H,9-10,12H2,1H3,(H,18,20). The van der Waals surface area contributed by atoms with Crippen molar-refractivity contribution in [3.8, 4) is 5.75 Å². The molecule has 3 heteroatoms. The molecule has 0 spiro atoms. The van der Waals surface area contributed by atoms with Crippen LogP contribution in [0.1, 0.15) is 16.7 Å². The second-order valence-corrected chi connectivity index (χ2v) is 4.87. The van der Waals surface area contributed by atoms with Crippen LogP contribution in [0.15, 0.2) is 48.5 Å². The second-order valence-electron chi connectivity index (χ2n) is 4.87. The van der Waals surface area contributed by atoms with E-state index in [1.54, 1.807) is 18.2 Å². The minimum atomic E-state index is -0.0239. The van der Waals surface area contributed by atoms with Crippen LogP contribution in [0.2, 0.25) is 0 Å². The number of aryl methyl sites for hydroxylation is 1. The smallest absolute Gasteiger partial charge is 0.224 e. The molecule has 2 rings (SSSR count). The summed E-state index contributed by atoms with van der Waals surface area (Å²) in [6.45, 7) is 2.70. The summed E-state index contributed by atoms with van der Waals surface area (Å²) in [6.07, 6.45) is 1.13. The quantitative estimate of drug-likeness (QED) is 0.876. The molecule has 20 heavy (non-hydrogen) atoms. The molecule has 0 aromatic heterocycles. The molecule has 2 aromatic rings. The largest absolute Gasteiger partial charge is 0.508 e. The highest BCUT2D eigenvalue weighted by atomic mass is 16.3. The van der Waals surface area contributed by atoms with Crippen LogP contribution in [-0.2, 0) is 17.6 Å². The fourth-order valence-corrected chi connectivity index (χ4v) is 2.14. The van der Waals surface area contributed by atoms with E-state index in [0.29, 0.717) is 13.0 Å². The highest BCUT2D eigenvalue weighted by molar-refractivity contribution is 5.78. The van der Waals surface area contributed by atoms with Gasteiger partial charge in [-0.2, -0.15) is 0 Å². The Kier molecular flexibility index (Phi) is 4.77. The van der Waals surface area contributed by atoms with Gasteiger partial charge in [0.2, 0.25) is 5.91 Å². The Labute approximate surface area is 119 Å². The predicted molar refractivity (Wildman–Crippen MR) is 79.7 cm³/mol. The Hall–Kier alpha value is -2.29. The summed E-state index contributed by atoms with van der Waals surface area (Å²) in [7, 11) is 0. The number of nitrogens with one attached hydrogen (secondary N) is 1. The lowest BCUT2D eigenvalue weighted by Crippen LogP contribution is -2.27. The molecule has 0 fully saturated rings. The van der Waals surface area contributed by atoms with Crippen molar-refractivity contribution in [3.05, 3.63) is 65.2 Å². The van der Waals surface area contributed by atoms with Crippen LogP contribution < -0.4 is 5.32 Å². The van der Waals surface area contributed by atoms with Gasteiger partial charge >= 0.3 is 0 Å². The molecular weight excluding hydrogens is 250 g/mol. The van der Waals surface area contributed by atoms with E-state index in [0.717, 1.165) is 12.0 Å². The molecule has 1 amide bonds. The highest BCUT2D eigenvalue weighted by Gasteiger charge is 2.04. The molecule has 0 aliphatic heterocycles. The van der Waals surface area contributed by atoms with Gasteiger partial charge in [0.1, 0.15) is 5.75 Å². The zero-order chi connectivity index (χ0) is 14.4. The Morgan fingerprint density at radius 1 is 1.15 bits per heavy atom. The van der Waals surface area contributed by atoms with Crippen molar-refractivity contribution in [1.29, 1.82) is 0 Å². The number of benzene rings is 2. The van der Waals surface area contributed by atoms with Crippen molar-refractivity contribution in [2.45, 2.75) is 19.8 Å². The van der Waals surface area contributed by atoms with Crippen LogP contribution in [0.3, 0.4) is 0 Å². The molecule has 104 valence electrons. The maximum Gasteiger partial charge on any atom is 0.224 e. The number of hydrogen-bond acceptors (Lipinski definition) is 2. The number of phenols is 1. The van der Waals surface area contributed by atoms with Crippen LogP contribution in [0.25, 0.3) is 0 Å². The summed E-state index contributed by atoms with van der Waals surface area (Å²) < 4.78 is 0. The molecule has 3 nitrogen and oxygen atoms in total. The van der Waals surface area contributed by atoms with E-state index in [9.17, 15) is 9.90 Å². The second kappa shape index (κ2) is 6.75. The van der Waals surface area contributed by atoms with Crippen molar-refractivity contribution < 1.29 is 9.90 Å². The summed E-state index contributed by atoms with van der Waals surface area (Å²) in [5.41, 5.74) is 3.32. The summed E-state index contributed by atoms with van der Waals surface area (Å²) in [5, 5.41) is 12.3. The average molecular weight is 269 g/mol. The fraction of sp³-hybridized carbons (Fsp3) is 0.235. The van der Waals surface area contributed by atoms with Gasteiger partial charge in [0.15, 0.2) is 0 Å². The van der Waals surface area contributed by atoms with E-state index < -0.39 is 0 Å². The average Bonchev–Trinajstić information content (AvgIpc) is 2.41. The molecular formula is C17H19NO2. The van der Waals surface area contributed by atoms with E-state index >= 15 is 0 Å². The predicted octanol–water partition coefficient (Wildman–Crippen LogP) is 2.60. The third kappa shape index (κ3) is 4.12. The van der Waals surface area contributed by atoms with Crippen molar-refractivity contribution in [3.63, 3.8) is 0 Å². The van der Waals surface area contributed by atoms with E-state index in [4.69, 9.17) is 0 Å². The van der Waals surface area contributed by atoms with Crippen molar-refractivity contribution >= 4 is 5.91 Å². The molecule has 0 saturated carbocycles. The molecule has 0 radical (unpaired) electrons. The van der Waals surface area contributed by atoms with Gasteiger partial charge in [-0.05, 0) is 42.2 Å². The van der Waals surface area contributed by atoms with Gasteiger partial charge in [0.25, 0.3) is 0 Å². The first-order valence-corrected chi connectivity index (χ1v) is 6.74. The lowest BCUT2D eigenvalue weighted by atomic mass is 10.1. The van der Waals surface area contributed by atoms with Crippen LogP contribution in [0.4, 0.5) is 0 Å². The van der Waals surface area contributed by atoms with Gasteiger partial charge in [0, 0.05) is 6.54 Å².